The molecule has 0 saturated carbocycles. The summed E-state index contributed by atoms with van der Waals surface area (Å²) in [6.45, 7) is 2.23. The molecule has 0 spiro atoms. The van der Waals surface area contributed by atoms with E-state index in [1.807, 2.05) is 0 Å². The van der Waals surface area contributed by atoms with Crippen LogP contribution in [0.1, 0.15) is 29.7 Å². The molecule has 0 saturated heterocycles. The smallest absolute Gasteiger partial charge is 0.0782 e. The summed E-state index contributed by atoms with van der Waals surface area (Å²) in [7, 11) is 0. The normalized spacial score (nSPS) is 19.7. The number of benzene rings is 2. The molecule has 1 atom stereocenters. The van der Waals surface area contributed by atoms with Crippen LogP contribution in [0.5, 0.6) is 0 Å². The maximum atomic E-state index is 3.63. The van der Waals surface area contributed by atoms with E-state index < -0.39 is 0 Å². The number of hydrogen-bond donors (Lipinski definition) is 1. The van der Waals surface area contributed by atoms with Gasteiger partial charge < -0.3 is 5.32 Å². The molecule has 2 aromatic carbocycles. The molecule has 0 fully saturated rings. The largest absolute Gasteiger partial charge is 0.374 e. The van der Waals surface area contributed by atoms with Crippen LogP contribution >= 0.6 is 0 Å². The van der Waals surface area contributed by atoms with E-state index >= 15 is 0 Å². The molecular formula is C16H13N. The van der Waals surface area contributed by atoms with E-state index in [1.54, 1.807) is 0 Å². The van der Waals surface area contributed by atoms with E-state index in [0.717, 1.165) is 0 Å². The maximum absolute atomic E-state index is 3.63. The van der Waals surface area contributed by atoms with Gasteiger partial charge in [-0.1, -0.05) is 42.5 Å². The average Bonchev–Trinajstić information content (AvgIpc) is 2.88. The zero-order chi connectivity index (χ0) is 11.4. The highest BCUT2D eigenvalue weighted by Gasteiger charge is 2.35. The summed E-state index contributed by atoms with van der Waals surface area (Å²) in [5.41, 5.74) is 8.32. The van der Waals surface area contributed by atoms with Crippen LogP contribution in [-0.2, 0) is 0 Å². The molecule has 0 radical (unpaired) electrons. The standard InChI is InChI=1S/C16H13N/c1-10-11-6-2-3-7-12(11)16-15(10)13-8-4-5-9-14(13)17-16/h2-9,16-17H,1H3. The van der Waals surface area contributed by atoms with E-state index in [9.17, 15) is 0 Å². The summed E-state index contributed by atoms with van der Waals surface area (Å²) in [5.74, 6) is 0. The maximum Gasteiger partial charge on any atom is 0.0782 e. The van der Waals surface area contributed by atoms with Crippen molar-refractivity contribution >= 4 is 16.8 Å². The van der Waals surface area contributed by atoms with E-state index in [0.29, 0.717) is 6.04 Å². The van der Waals surface area contributed by atoms with Crippen LogP contribution in [0.4, 0.5) is 5.69 Å². The highest BCUT2D eigenvalue weighted by atomic mass is 15.0. The van der Waals surface area contributed by atoms with Crippen LogP contribution in [-0.4, -0.2) is 0 Å². The van der Waals surface area contributed by atoms with Gasteiger partial charge in [-0.2, -0.15) is 0 Å². The average molecular weight is 219 g/mol. The fourth-order valence-electron chi connectivity index (χ4n) is 3.11. The topological polar surface area (TPSA) is 12.0 Å². The van der Waals surface area contributed by atoms with Gasteiger partial charge in [0.15, 0.2) is 0 Å². The predicted molar refractivity (Wildman–Crippen MR) is 71.7 cm³/mol. The first-order valence-electron chi connectivity index (χ1n) is 6.02. The Bertz CT molecular complexity index is 652. The van der Waals surface area contributed by atoms with Gasteiger partial charge in [-0.05, 0) is 35.3 Å². The number of para-hydroxylation sites is 1. The fourth-order valence-corrected chi connectivity index (χ4v) is 3.11. The van der Waals surface area contributed by atoms with Gasteiger partial charge in [0.05, 0.1) is 6.04 Å². The van der Waals surface area contributed by atoms with Gasteiger partial charge in [0, 0.05) is 11.3 Å². The zero-order valence-corrected chi connectivity index (χ0v) is 9.70. The lowest BCUT2D eigenvalue weighted by Crippen LogP contribution is -2.02. The third kappa shape index (κ3) is 1.04. The first-order chi connectivity index (χ1) is 8.36. The van der Waals surface area contributed by atoms with Crippen LogP contribution in [0.25, 0.3) is 11.1 Å². The highest BCUT2D eigenvalue weighted by molar-refractivity contribution is 6.05. The number of fused-ring (bicyclic) bond motifs is 5. The van der Waals surface area contributed by atoms with Crippen molar-refractivity contribution in [1.29, 1.82) is 0 Å². The van der Waals surface area contributed by atoms with Gasteiger partial charge in [0.2, 0.25) is 0 Å². The predicted octanol–water partition coefficient (Wildman–Crippen LogP) is 4.10. The monoisotopic (exact) mass is 219 g/mol. The fraction of sp³-hybridized carbons (Fsp3) is 0.125. The molecule has 1 aliphatic heterocycles. The Hall–Kier alpha value is -2.02. The lowest BCUT2D eigenvalue weighted by atomic mass is 10.0. The number of hydrogen-bond acceptors (Lipinski definition) is 1. The molecule has 1 unspecified atom stereocenters. The van der Waals surface area contributed by atoms with Crippen LogP contribution < -0.4 is 5.32 Å². The molecule has 4 rings (SSSR count). The van der Waals surface area contributed by atoms with E-state index in [1.165, 1.54) is 33.5 Å². The van der Waals surface area contributed by atoms with E-state index in [4.69, 9.17) is 0 Å². The number of nitrogens with one attached hydrogen (secondary N) is 1. The third-order valence-corrected chi connectivity index (χ3v) is 3.89. The first-order valence-corrected chi connectivity index (χ1v) is 6.02. The molecule has 1 aliphatic carbocycles. The van der Waals surface area contributed by atoms with Crippen molar-refractivity contribution in [2.45, 2.75) is 13.0 Å². The van der Waals surface area contributed by atoms with Gasteiger partial charge in [-0.25, -0.2) is 0 Å². The minimum absolute atomic E-state index is 0.364. The van der Waals surface area contributed by atoms with Crippen molar-refractivity contribution in [1.82, 2.24) is 0 Å². The van der Waals surface area contributed by atoms with E-state index in [2.05, 4.69) is 60.8 Å². The number of anilines is 1. The minimum atomic E-state index is 0.364. The second kappa shape index (κ2) is 3.01. The summed E-state index contributed by atoms with van der Waals surface area (Å²) in [6, 6.07) is 17.7. The van der Waals surface area contributed by atoms with Crippen LogP contribution in [0.15, 0.2) is 48.5 Å². The molecule has 1 heteroatoms. The van der Waals surface area contributed by atoms with Crippen LogP contribution in [0.2, 0.25) is 0 Å². The molecule has 17 heavy (non-hydrogen) atoms. The Kier molecular flexibility index (Phi) is 1.60. The summed E-state index contributed by atoms with van der Waals surface area (Å²) in [5, 5.41) is 3.63. The van der Waals surface area contributed by atoms with Gasteiger partial charge in [0.1, 0.15) is 0 Å². The molecule has 82 valence electrons. The lowest BCUT2D eigenvalue weighted by Gasteiger charge is -2.09. The Morgan fingerprint density at radius 2 is 1.59 bits per heavy atom. The molecule has 1 nitrogen and oxygen atoms in total. The second-order valence-electron chi connectivity index (χ2n) is 4.75. The highest BCUT2D eigenvalue weighted by Crippen LogP contribution is 2.52. The van der Waals surface area contributed by atoms with Crippen molar-refractivity contribution in [3.05, 3.63) is 65.2 Å². The first kappa shape index (κ1) is 9.06. The molecular weight excluding hydrogens is 206 g/mol. The van der Waals surface area contributed by atoms with Gasteiger partial charge in [0.25, 0.3) is 0 Å². The summed E-state index contributed by atoms with van der Waals surface area (Å²) in [6.07, 6.45) is 0. The van der Waals surface area contributed by atoms with Crippen molar-refractivity contribution in [3.63, 3.8) is 0 Å². The van der Waals surface area contributed by atoms with Crippen LogP contribution in [0.3, 0.4) is 0 Å². The van der Waals surface area contributed by atoms with Gasteiger partial charge >= 0.3 is 0 Å². The lowest BCUT2D eigenvalue weighted by molar-refractivity contribution is 1.06. The quantitative estimate of drug-likeness (QED) is 0.703. The van der Waals surface area contributed by atoms with E-state index in [-0.39, 0.29) is 0 Å². The molecule has 0 bridgehead atoms. The Morgan fingerprint density at radius 3 is 2.47 bits per heavy atom. The van der Waals surface area contributed by atoms with Crippen molar-refractivity contribution in [3.8, 4) is 0 Å². The van der Waals surface area contributed by atoms with Crippen molar-refractivity contribution < 1.29 is 0 Å². The summed E-state index contributed by atoms with van der Waals surface area (Å²) in [4.78, 5) is 0. The summed E-state index contributed by atoms with van der Waals surface area (Å²) >= 11 is 0. The molecule has 0 aromatic heterocycles. The van der Waals surface area contributed by atoms with Crippen molar-refractivity contribution in [2.75, 3.05) is 5.32 Å². The Balaban J connectivity index is 2.02. The molecule has 2 aliphatic rings. The minimum Gasteiger partial charge on any atom is -0.374 e. The Labute approximate surface area is 101 Å². The molecule has 1 N–H and O–H groups in total. The Morgan fingerprint density at radius 1 is 0.882 bits per heavy atom. The number of allylic oxidation sites excluding steroid dienone is 1. The van der Waals surface area contributed by atoms with Gasteiger partial charge in [-0.15, -0.1) is 0 Å². The third-order valence-electron chi connectivity index (χ3n) is 3.89. The summed E-state index contributed by atoms with van der Waals surface area (Å²) < 4.78 is 0. The molecule has 1 heterocycles. The zero-order valence-electron chi connectivity index (χ0n) is 9.70. The van der Waals surface area contributed by atoms with Crippen LogP contribution in [0, 0.1) is 0 Å². The molecule has 2 aromatic rings. The second-order valence-corrected chi connectivity index (χ2v) is 4.75. The van der Waals surface area contributed by atoms with Crippen molar-refractivity contribution in [2.24, 2.45) is 0 Å². The SMILES string of the molecule is CC1=C2c3ccccc3NC2c2ccccc21. The number of rotatable bonds is 0. The van der Waals surface area contributed by atoms with Gasteiger partial charge in [-0.3, -0.25) is 0 Å². The molecule has 0 amide bonds.